The molecule has 0 amide bonds. The van der Waals surface area contributed by atoms with Gasteiger partial charge >= 0.3 is 0 Å². The van der Waals surface area contributed by atoms with Gasteiger partial charge in [-0.3, -0.25) is 0 Å². The Labute approximate surface area is 129 Å². The Morgan fingerprint density at radius 3 is 2.10 bits per heavy atom. The Morgan fingerprint density at radius 2 is 1.52 bits per heavy atom. The van der Waals surface area contributed by atoms with Crippen molar-refractivity contribution >= 4 is 15.9 Å². The van der Waals surface area contributed by atoms with Crippen LogP contribution in [0.3, 0.4) is 0 Å². The molecule has 0 aromatic heterocycles. The average molecular weight is 359 g/mol. The van der Waals surface area contributed by atoms with E-state index < -0.39 is 24.0 Å². The standard InChI is InChI=1S/C15H13BrF2O3/c16-11-1-3-12(4-2-11)20-5-6-21-15-13(17)7-10(9-19)8-14(15)18/h1-4,7-8,19H,5-6,9H2. The van der Waals surface area contributed by atoms with Gasteiger partial charge in [-0.1, -0.05) is 15.9 Å². The SMILES string of the molecule is OCc1cc(F)c(OCCOc2ccc(Br)cc2)c(F)c1. The highest BCUT2D eigenvalue weighted by atomic mass is 79.9. The number of aliphatic hydroxyl groups is 1. The van der Waals surface area contributed by atoms with Crippen LogP contribution in [0.1, 0.15) is 5.56 Å². The molecule has 2 aromatic rings. The molecule has 0 atom stereocenters. The lowest BCUT2D eigenvalue weighted by atomic mass is 10.2. The number of hydrogen-bond acceptors (Lipinski definition) is 3. The Hall–Kier alpha value is -1.66. The molecule has 0 unspecified atom stereocenters. The van der Waals surface area contributed by atoms with E-state index in [2.05, 4.69) is 15.9 Å². The molecule has 112 valence electrons. The van der Waals surface area contributed by atoms with Crippen LogP contribution in [0.15, 0.2) is 40.9 Å². The van der Waals surface area contributed by atoms with E-state index in [0.29, 0.717) is 5.75 Å². The van der Waals surface area contributed by atoms with Crippen molar-refractivity contribution in [1.29, 1.82) is 0 Å². The first-order valence-corrected chi connectivity index (χ1v) is 6.99. The molecule has 0 saturated carbocycles. The third kappa shape index (κ3) is 4.41. The van der Waals surface area contributed by atoms with Gasteiger partial charge in [0.2, 0.25) is 0 Å². The molecule has 2 aromatic carbocycles. The summed E-state index contributed by atoms with van der Waals surface area (Å²) in [4.78, 5) is 0. The van der Waals surface area contributed by atoms with Crippen molar-refractivity contribution in [3.63, 3.8) is 0 Å². The summed E-state index contributed by atoms with van der Waals surface area (Å²) < 4.78 is 38.5. The van der Waals surface area contributed by atoms with Crippen LogP contribution in [-0.2, 0) is 6.61 Å². The fraction of sp³-hybridized carbons (Fsp3) is 0.200. The summed E-state index contributed by atoms with van der Waals surface area (Å²) in [6.45, 7) is -0.272. The lowest BCUT2D eigenvalue weighted by Crippen LogP contribution is -2.11. The number of ether oxygens (including phenoxy) is 2. The van der Waals surface area contributed by atoms with Gasteiger partial charge in [0, 0.05) is 4.47 Å². The molecular weight excluding hydrogens is 346 g/mol. The van der Waals surface area contributed by atoms with Crippen molar-refractivity contribution in [2.75, 3.05) is 13.2 Å². The van der Waals surface area contributed by atoms with E-state index in [9.17, 15) is 8.78 Å². The van der Waals surface area contributed by atoms with Gasteiger partial charge in [-0.2, -0.15) is 0 Å². The predicted molar refractivity (Wildman–Crippen MR) is 77.4 cm³/mol. The summed E-state index contributed by atoms with van der Waals surface area (Å²) in [6, 6.07) is 9.25. The zero-order valence-electron chi connectivity index (χ0n) is 11.0. The minimum atomic E-state index is -0.845. The fourth-order valence-electron chi connectivity index (χ4n) is 1.68. The lowest BCUT2D eigenvalue weighted by Gasteiger charge is -2.10. The van der Waals surface area contributed by atoms with Crippen LogP contribution in [0.2, 0.25) is 0 Å². The van der Waals surface area contributed by atoms with Crippen molar-refractivity contribution < 1.29 is 23.4 Å². The summed E-state index contributed by atoms with van der Waals surface area (Å²) in [5.74, 6) is -1.52. The Morgan fingerprint density at radius 1 is 0.952 bits per heavy atom. The number of aliphatic hydroxyl groups excluding tert-OH is 1. The monoisotopic (exact) mass is 358 g/mol. The van der Waals surface area contributed by atoms with Crippen LogP contribution in [-0.4, -0.2) is 18.3 Å². The maximum absolute atomic E-state index is 13.6. The van der Waals surface area contributed by atoms with Crippen LogP contribution >= 0.6 is 15.9 Å². The quantitative estimate of drug-likeness (QED) is 0.800. The van der Waals surface area contributed by atoms with Crippen molar-refractivity contribution in [3.8, 4) is 11.5 Å². The van der Waals surface area contributed by atoms with Gasteiger partial charge in [0.25, 0.3) is 0 Å². The number of rotatable bonds is 6. The highest BCUT2D eigenvalue weighted by molar-refractivity contribution is 9.10. The van der Waals surface area contributed by atoms with Crippen LogP contribution < -0.4 is 9.47 Å². The summed E-state index contributed by atoms with van der Waals surface area (Å²) in [5.41, 5.74) is 0.156. The molecule has 0 aliphatic rings. The highest BCUT2D eigenvalue weighted by Crippen LogP contribution is 2.23. The summed E-state index contributed by atoms with van der Waals surface area (Å²) in [5, 5.41) is 8.84. The van der Waals surface area contributed by atoms with Gasteiger partial charge < -0.3 is 14.6 Å². The minimum Gasteiger partial charge on any atom is -0.490 e. The first-order valence-electron chi connectivity index (χ1n) is 6.20. The van der Waals surface area contributed by atoms with Gasteiger partial charge in [0.15, 0.2) is 17.4 Å². The molecule has 21 heavy (non-hydrogen) atoms. The molecule has 0 fully saturated rings. The number of halogens is 3. The molecule has 0 heterocycles. The van der Waals surface area contributed by atoms with E-state index in [0.717, 1.165) is 16.6 Å². The largest absolute Gasteiger partial charge is 0.490 e. The van der Waals surface area contributed by atoms with E-state index in [1.54, 1.807) is 12.1 Å². The molecule has 0 spiro atoms. The maximum Gasteiger partial charge on any atom is 0.190 e. The zero-order chi connectivity index (χ0) is 15.2. The van der Waals surface area contributed by atoms with Crippen LogP contribution in [0.5, 0.6) is 11.5 Å². The van der Waals surface area contributed by atoms with E-state index in [1.165, 1.54) is 0 Å². The molecule has 3 nitrogen and oxygen atoms in total. The highest BCUT2D eigenvalue weighted by Gasteiger charge is 2.12. The molecule has 0 radical (unpaired) electrons. The van der Waals surface area contributed by atoms with Crippen molar-refractivity contribution in [1.82, 2.24) is 0 Å². The Bertz CT molecular complexity index is 579. The molecule has 0 aliphatic heterocycles. The third-order valence-corrected chi connectivity index (χ3v) is 3.18. The molecule has 0 saturated heterocycles. The van der Waals surface area contributed by atoms with E-state index in [4.69, 9.17) is 14.6 Å². The van der Waals surface area contributed by atoms with Crippen molar-refractivity contribution in [2.24, 2.45) is 0 Å². The van der Waals surface area contributed by atoms with Gasteiger partial charge in [-0.05, 0) is 42.0 Å². The minimum absolute atomic E-state index is 0.00236. The normalized spacial score (nSPS) is 10.5. The van der Waals surface area contributed by atoms with Crippen molar-refractivity contribution in [3.05, 3.63) is 58.1 Å². The zero-order valence-corrected chi connectivity index (χ0v) is 12.6. The summed E-state index contributed by atoms with van der Waals surface area (Å²) in [7, 11) is 0. The smallest absolute Gasteiger partial charge is 0.190 e. The topological polar surface area (TPSA) is 38.7 Å². The van der Waals surface area contributed by atoms with Crippen molar-refractivity contribution in [2.45, 2.75) is 6.61 Å². The van der Waals surface area contributed by atoms with Gasteiger partial charge in [0.05, 0.1) is 6.61 Å². The maximum atomic E-state index is 13.6. The molecule has 1 N–H and O–H groups in total. The van der Waals surface area contributed by atoms with E-state index in [1.807, 2.05) is 12.1 Å². The molecule has 0 aliphatic carbocycles. The second-order valence-corrected chi connectivity index (χ2v) is 5.11. The molecular formula is C15H13BrF2O3. The Kier molecular flexibility index (Phi) is 5.52. The second kappa shape index (κ2) is 7.38. The van der Waals surface area contributed by atoms with Crippen LogP contribution in [0, 0.1) is 11.6 Å². The van der Waals surface area contributed by atoms with E-state index >= 15 is 0 Å². The number of hydrogen-bond donors (Lipinski definition) is 1. The average Bonchev–Trinajstić information content (AvgIpc) is 2.47. The van der Waals surface area contributed by atoms with E-state index in [-0.39, 0.29) is 18.8 Å². The summed E-state index contributed by atoms with van der Waals surface area (Å²) in [6.07, 6.45) is 0. The lowest BCUT2D eigenvalue weighted by molar-refractivity contribution is 0.204. The molecule has 6 heteroatoms. The van der Waals surface area contributed by atoms with Crippen LogP contribution in [0.25, 0.3) is 0 Å². The summed E-state index contributed by atoms with van der Waals surface area (Å²) >= 11 is 3.30. The van der Waals surface area contributed by atoms with Gasteiger partial charge in [0.1, 0.15) is 19.0 Å². The third-order valence-electron chi connectivity index (χ3n) is 2.65. The van der Waals surface area contributed by atoms with Crippen LogP contribution in [0.4, 0.5) is 8.78 Å². The molecule has 0 bridgehead atoms. The van der Waals surface area contributed by atoms with Gasteiger partial charge in [-0.15, -0.1) is 0 Å². The number of benzene rings is 2. The first kappa shape index (κ1) is 15.7. The Balaban J connectivity index is 1.87. The molecule has 2 rings (SSSR count). The van der Waals surface area contributed by atoms with Gasteiger partial charge in [-0.25, -0.2) is 8.78 Å². The predicted octanol–water partition coefficient (Wildman–Crippen LogP) is 3.68. The second-order valence-electron chi connectivity index (χ2n) is 4.20. The fourth-order valence-corrected chi connectivity index (χ4v) is 1.94. The first-order chi connectivity index (χ1) is 10.1.